The number of ether oxygens (including phenoxy) is 1. The van der Waals surface area contributed by atoms with E-state index in [0.29, 0.717) is 17.0 Å². The van der Waals surface area contributed by atoms with Crippen molar-refractivity contribution in [3.63, 3.8) is 0 Å². The Kier molecular flexibility index (Phi) is 6.70. The second-order valence-corrected chi connectivity index (χ2v) is 10.1. The van der Waals surface area contributed by atoms with Crippen molar-refractivity contribution in [2.75, 3.05) is 18.5 Å². The van der Waals surface area contributed by atoms with Crippen LogP contribution < -0.4 is 10.6 Å². The molecule has 0 unspecified atom stereocenters. The SMILES string of the molecule is C[C@H]1CCCC[C@]12NC(=O)N(CC(=O)OCC(=O)Nc1sc3c(c1C#N)CCCCC3)C2=O. The second-order valence-electron chi connectivity index (χ2n) is 9.03. The number of nitriles is 1. The first kappa shape index (κ1) is 23.2. The molecule has 33 heavy (non-hydrogen) atoms. The summed E-state index contributed by atoms with van der Waals surface area (Å²) < 4.78 is 5.03. The fourth-order valence-electron chi connectivity index (χ4n) is 5.07. The maximum absolute atomic E-state index is 12.9. The van der Waals surface area contributed by atoms with Gasteiger partial charge in [0.15, 0.2) is 6.61 Å². The first-order chi connectivity index (χ1) is 15.9. The number of imide groups is 1. The summed E-state index contributed by atoms with van der Waals surface area (Å²) in [6, 6.07) is 1.59. The van der Waals surface area contributed by atoms with Gasteiger partial charge in [0.2, 0.25) is 0 Å². The fourth-order valence-corrected chi connectivity index (χ4v) is 6.33. The van der Waals surface area contributed by atoms with Gasteiger partial charge in [-0.1, -0.05) is 26.2 Å². The number of esters is 1. The molecule has 4 amide bonds. The number of fused-ring (bicyclic) bond motifs is 1. The topological polar surface area (TPSA) is 129 Å². The van der Waals surface area contributed by atoms with Crippen LogP contribution in [0, 0.1) is 17.2 Å². The van der Waals surface area contributed by atoms with Gasteiger partial charge in [-0.15, -0.1) is 11.3 Å². The van der Waals surface area contributed by atoms with Crippen LogP contribution in [-0.4, -0.2) is 47.4 Å². The molecule has 0 radical (unpaired) electrons. The Balaban J connectivity index is 1.32. The molecular weight excluding hydrogens is 444 g/mol. The summed E-state index contributed by atoms with van der Waals surface area (Å²) in [4.78, 5) is 52.0. The van der Waals surface area contributed by atoms with E-state index in [0.717, 1.165) is 66.7 Å². The Morgan fingerprint density at radius 2 is 2.03 bits per heavy atom. The van der Waals surface area contributed by atoms with Crippen LogP contribution >= 0.6 is 11.3 Å². The third-order valence-corrected chi connectivity index (χ3v) is 8.15. The zero-order valence-electron chi connectivity index (χ0n) is 18.7. The maximum Gasteiger partial charge on any atom is 0.326 e. The Labute approximate surface area is 196 Å². The zero-order chi connectivity index (χ0) is 23.6. The van der Waals surface area contributed by atoms with Gasteiger partial charge in [-0.05, 0) is 50.0 Å². The number of amides is 4. The van der Waals surface area contributed by atoms with E-state index in [-0.39, 0.29) is 5.92 Å². The quantitative estimate of drug-likeness (QED) is 0.385. The summed E-state index contributed by atoms with van der Waals surface area (Å²) in [6.45, 7) is 0.837. The van der Waals surface area contributed by atoms with E-state index < -0.39 is 42.5 Å². The van der Waals surface area contributed by atoms with Crippen LogP contribution in [0.5, 0.6) is 0 Å². The molecule has 2 heterocycles. The lowest BCUT2D eigenvalue weighted by Gasteiger charge is -2.36. The summed E-state index contributed by atoms with van der Waals surface area (Å²) in [6.07, 6.45) is 8.16. The molecule has 3 aliphatic rings. The molecule has 2 atom stereocenters. The van der Waals surface area contributed by atoms with E-state index in [2.05, 4.69) is 16.7 Å². The van der Waals surface area contributed by atoms with Gasteiger partial charge in [-0.3, -0.25) is 19.3 Å². The van der Waals surface area contributed by atoms with E-state index in [9.17, 15) is 24.4 Å². The smallest absolute Gasteiger partial charge is 0.326 e. The fraction of sp³-hybridized carbons (Fsp3) is 0.609. The number of urea groups is 1. The lowest BCUT2D eigenvalue weighted by atomic mass is 9.73. The van der Waals surface area contributed by atoms with Gasteiger partial charge < -0.3 is 15.4 Å². The number of nitrogens with one attached hydrogen (secondary N) is 2. The molecular formula is C23H28N4O5S. The number of aryl methyl sites for hydroxylation is 1. The minimum absolute atomic E-state index is 0.00950. The van der Waals surface area contributed by atoms with Gasteiger partial charge in [-0.2, -0.15) is 5.26 Å². The van der Waals surface area contributed by atoms with Gasteiger partial charge in [0.1, 0.15) is 23.2 Å². The molecule has 1 aromatic heterocycles. The van der Waals surface area contributed by atoms with Crippen molar-refractivity contribution >= 4 is 40.2 Å². The van der Waals surface area contributed by atoms with Crippen LogP contribution in [0.2, 0.25) is 0 Å². The minimum Gasteiger partial charge on any atom is -0.454 e. The second kappa shape index (κ2) is 9.51. The van der Waals surface area contributed by atoms with Crippen molar-refractivity contribution < 1.29 is 23.9 Å². The summed E-state index contributed by atoms with van der Waals surface area (Å²) >= 11 is 1.40. The minimum atomic E-state index is -0.947. The van der Waals surface area contributed by atoms with E-state index in [1.54, 1.807) is 0 Å². The molecule has 176 valence electrons. The highest BCUT2D eigenvalue weighted by Gasteiger charge is 2.55. The zero-order valence-corrected chi connectivity index (χ0v) is 19.5. The van der Waals surface area contributed by atoms with Crippen LogP contribution in [-0.2, 0) is 32.0 Å². The number of rotatable bonds is 5. The van der Waals surface area contributed by atoms with Gasteiger partial charge in [0.25, 0.3) is 11.8 Å². The Hall–Kier alpha value is -2.93. The van der Waals surface area contributed by atoms with Crippen LogP contribution in [0.3, 0.4) is 0 Å². The molecule has 1 spiro atoms. The number of carbonyl (C=O) groups excluding carboxylic acids is 4. The number of anilines is 1. The van der Waals surface area contributed by atoms with E-state index in [1.807, 2.05) is 6.92 Å². The predicted octanol–water partition coefficient (Wildman–Crippen LogP) is 2.87. The normalized spacial score (nSPS) is 24.6. The average Bonchev–Trinajstić information content (AvgIpc) is 3.10. The van der Waals surface area contributed by atoms with Gasteiger partial charge in [0.05, 0.1) is 5.56 Å². The van der Waals surface area contributed by atoms with Crippen molar-refractivity contribution in [3.8, 4) is 6.07 Å². The third kappa shape index (κ3) is 4.47. The maximum atomic E-state index is 12.9. The van der Waals surface area contributed by atoms with Gasteiger partial charge in [-0.25, -0.2) is 4.79 Å². The molecule has 10 heteroatoms. The number of hydrogen-bond donors (Lipinski definition) is 2. The summed E-state index contributed by atoms with van der Waals surface area (Å²) in [5.41, 5.74) is 0.553. The molecule has 9 nitrogen and oxygen atoms in total. The first-order valence-corrected chi connectivity index (χ1v) is 12.3. The number of carbonyl (C=O) groups is 4. The van der Waals surface area contributed by atoms with Gasteiger partial charge >= 0.3 is 12.0 Å². The number of thiophene rings is 1. The average molecular weight is 473 g/mol. The first-order valence-electron chi connectivity index (χ1n) is 11.5. The highest BCUT2D eigenvalue weighted by Crippen LogP contribution is 2.38. The molecule has 1 aliphatic heterocycles. The van der Waals surface area contributed by atoms with Crippen LogP contribution in [0.1, 0.15) is 67.9 Å². The number of nitrogens with zero attached hydrogens (tertiary/aromatic N) is 2. The lowest BCUT2D eigenvalue weighted by molar-refractivity contribution is -0.150. The van der Waals surface area contributed by atoms with Crippen molar-refractivity contribution in [3.05, 3.63) is 16.0 Å². The van der Waals surface area contributed by atoms with E-state index >= 15 is 0 Å². The van der Waals surface area contributed by atoms with Crippen LogP contribution in [0.4, 0.5) is 9.80 Å². The standard InChI is InChI=1S/C23H28N4O5S/c1-14-7-5-6-10-23(14)21(30)27(22(31)26-23)12-19(29)32-13-18(28)25-20-16(11-24)15-8-3-2-4-9-17(15)33-20/h14H,2-10,12-13H2,1H3,(H,25,28)(H,26,31)/t14-,23-/m0/s1. The largest absolute Gasteiger partial charge is 0.454 e. The monoisotopic (exact) mass is 472 g/mol. The lowest BCUT2D eigenvalue weighted by Crippen LogP contribution is -2.54. The summed E-state index contributed by atoms with van der Waals surface area (Å²) in [5, 5.41) is 15.5. The molecule has 1 saturated carbocycles. The number of hydrogen-bond acceptors (Lipinski definition) is 7. The highest BCUT2D eigenvalue weighted by molar-refractivity contribution is 7.16. The van der Waals surface area contributed by atoms with Crippen molar-refractivity contribution in [2.24, 2.45) is 5.92 Å². The molecule has 0 bridgehead atoms. The molecule has 2 N–H and O–H groups in total. The molecule has 4 rings (SSSR count). The molecule has 1 aromatic rings. The predicted molar refractivity (Wildman–Crippen MR) is 120 cm³/mol. The van der Waals surface area contributed by atoms with Gasteiger partial charge in [0, 0.05) is 4.88 Å². The van der Waals surface area contributed by atoms with Crippen molar-refractivity contribution in [1.82, 2.24) is 10.2 Å². The molecule has 2 aliphatic carbocycles. The Morgan fingerprint density at radius 3 is 2.79 bits per heavy atom. The Bertz CT molecular complexity index is 1030. The highest BCUT2D eigenvalue weighted by atomic mass is 32.1. The molecule has 0 aromatic carbocycles. The van der Waals surface area contributed by atoms with Crippen molar-refractivity contribution in [1.29, 1.82) is 5.26 Å². The Morgan fingerprint density at radius 1 is 1.24 bits per heavy atom. The summed E-state index contributed by atoms with van der Waals surface area (Å²) in [7, 11) is 0. The molecule has 2 fully saturated rings. The third-order valence-electron chi connectivity index (χ3n) is 6.94. The summed E-state index contributed by atoms with van der Waals surface area (Å²) in [5.74, 6) is -1.81. The van der Waals surface area contributed by atoms with Crippen LogP contribution in [0.25, 0.3) is 0 Å². The molecule has 1 saturated heterocycles. The van der Waals surface area contributed by atoms with Crippen molar-refractivity contribution in [2.45, 2.75) is 70.3 Å². The van der Waals surface area contributed by atoms with Crippen LogP contribution in [0.15, 0.2) is 0 Å². The van der Waals surface area contributed by atoms with E-state index in [4.69, 9.17) is 4.74 Å². The van der Waals surface area contributed by atoms with E-state index in [1.165, 1.54) is 11.3 Å².